The molecule has 1 N–H and O–H groups in total. The SMILES string of the molecule is CC(C)NCc1ccc(CCn2ccc(OCc3ccc(Cl)cn3)cc2=O)cc1. The van der Waals surface area contributed by atoms with Gasteiger partial charge in [0, 0.05) is 37.6 Å². The quantitative estimate of drug-likeness (QED) is 0.572. The van der Waals surface area contributed by atoms with Gasteiger partial charge in [0.1, 0.15) is 12.4 Å². The average Bonchev–Trinajstić information content (AvgIpc) is 2.72. The highest BCUT2D eigenvalue weighted by atomic mass is 35.5. The van der Waals surface area contributed by atoms with E-state index in [0.29, 0.717) is 30.0 Å². The summed E-state index contributed by atoms with van der Waals surface area (Å²) >= 11 is 5.82. The molecular formula is C23H26ClN3O2. The Morgan fingerprint density at radius 1 is 1.10 bits per heavy atom. The summed E-state index contributed by atoms with van der Waals surface area (Å²) in [5.41, 5.74) is 3.14. The summed E-state index contributed by atoms with van der Waals surface area (Å²) < 4.78 is 7.35. The van der Waals surface area contributed by atoms with Crippen LogP contribution in [0.2, 0.25) is 5.02 Å². The van der Waals surface area contributed by atoms with E-state index in [9.17, 15) is 4.79 Å². The second-order valence-electron chi connectivity index (χ2n) is 7.25. The van der Waals surface area contributed by atoms with Crippen molar-refractivity contribution in [3.05, 3.63) is 93.1 Å². The first-order chi connectivity index (χ1) is 14.0. The lowest BCUT2D eigenvalue weighted by Crippen LogP contribution is -2.21. The number of aromatic nitrogens is 2. The zero-order chi connectivity index (χ0) is 20.6. The van der Waals surface area contributed by atoms with Crippen LogP contribution in [0, 0.1) is 0 Å². The maximum atomic E-state index is 12.4. The van der Waals surface area contributed by atoms with E-state index in [1.54, 1.807) is 35.2 Å². The number of nitrogens with zero attached hydrogens (tertiary/aromatic N) is 2. The van der Waals surface area contributed by atoms with E-state index in [1.165, 1.54) is 17.2 Å². The van der Waals surface area contributed by atoms with E-state index >= 15 is 0 Å². The van der Waals surface area contributed by atoms with Gasteiger partial charge in [-0.05, 0) is 35.7 Å². The number of rotatable bonds is 9. The zero-order valence-corrected chi connectivity index (χ0v) is 17.5. The Kier molecular flexibility index (Phi) is 7.44. The van der Waals surface area contributed by atoms with E-state index in [0.717, 1.165) is 18.7 Å². The lowest BCUT2D eigenvalue weighted by atomic mass is 10.1. The highest BCUT2D eigenvalue weighted by molar-refractivity contribution is 6.30. The number of hydrogen-bond acceptors (Lipinski definition) is 4. The van der Waals surface area contributed by atoms with Crippen LogP contribution in [0.3, 0.4) is 0 Å². The summed E-state index contributed by atoms with van der Waals surface area (Å²) in [6.45, 7) is 6.05. The Balaban J connectivity index is 1.52. The van der Waals surface area contributed by atoms with Gasteiger partial charge in [-0.2, -0.15) is 0 Å². The van der Waals surface area contributed by atoms with Crippen molar-refractivity contribution < 1.29 is 4.74 Å². The van der Waals surface area contributed by atoms with Gasteiger partial charge in [0.25, 0.3) is 5.56 Å². The van der Waals surface area contributed by atoms with Crippen LogP contribution in [0.4, 0.5) is 0 Å². The molecule has 0 aliphatic heterocycles. The third-order valence-electron chi connectivity index (χ3n) is 4.52. The molecular weight excluding hydrogens is 386 g/mol. The fraction of sp³-hybridized carbons (Fsp3) is 0.304. The summed E-state index contributed by atoms with van der Waals surface area (Å²) in [6.07, 6.45) is 4.15. The van der Waals surface area contributed by atoms with Gasteiger partial charge in [-0.15, -0.1) is 0 Å². The number of ether oxygens (including phenoxy) is 1. The van der Waals surface area contributed by atoms with Crippen molar-refractivity contribution in [3.8, 4) is 5.75 Å². The van der Waals surface area contributed by atoms with Gasteiger partial charge in [-0.1, -0.05) is 49.7 Å². The van der Waals surface area contributed by atoms with Crippen LogP contribution in [0.15, 0.2) is 65.7 Å². The second-order valence-corrected chi connectivity index (χ2v) is 7.69. The van der Waals surface area contributed by atoms with E-state index in [2.05, 4.69) is 48.4 Å². The number of pyridine rings is 2. The van der Waals surface area contributed by atoms with Gasteiger partial charge in [0.2, 0.25) is 0 Å². The van der Waals surface area contributed by atoms with Crippen LogP contribution in [0.5, 0.6) is 5.75 Å². The topological polar surface area (TPSA) is 56.1 Å². The highest BCUT2D eigenvalue weighted by Gasteiger charge is 2.03. The molecule has 0 fully saturated rings. The van der Waals surface area contributed by atoms with Crippen LogP contribution in [0.1, 0.15) is 30.7 Å². The molecule has 2 aromatic heterocycles. The number of halogens is 1. The molecule has 0 aliphatic carbocycles. The number of benzene rings is 1. The van der Waals surface area contributed by atoms with Crippen LogP contribution in [-0.4, -0.2) is 15.6 Å². The minimum Gasteiger partial charge on any atom is -0.487 e. The standard InChI is InChI=1S/C23H26ClN3O2/c1-17(2)25-14-19-5-3-18(4-6-19)9-11-27-12-10-22(13-23(27)28)29-16-21-8-7-20(24)15-26-21/h3-8,10,12-13,15,17,25H,9,11,14,16H2,1-2H3. The average molecular weight is 412 g/mol. The Bertz CT molecular complexity index is 967. The fourth-order valence-corrected chi connectivity index (χ4v) is 2.92. The molecule has 6 heteroatoms. The molecule has 0 atom stereocenters. The molecule has 0 saturated heterocycles. The van der Waals surface area contributed by atoms with Crippen molar-refractivity contribution in [1.82, 2.24) is 14.9 Å². The molecule has 0 spiro atoms. The van der Waals surface area contributed by atoms with Crippen LogP contribution in [-0.2, 0) is 26.1 Å². The number of aryl methyl sites for hydroxylation is 2. The summed E-state index contributed by atoms with van der Waals surface area (Å²) in [6, 6.07) is 15.9. The van der Waals surface area contributed by atoms with Gasteiger partial charge in [-0.3, -0.25) is 9.78 Å². The number of nitrogens with one attached hydrogen (secondary N) is 1. The van der Waals surface area contributed by atoms with Crippen LogP contribution < -0.4 is 15.6 Å². The Morgan fingerprint density at radius 3 is 2.52 bits per heavy atom. The molecule has 1 aromatic carbocycles. The summed E-state index contributed by atoms with van der Waals surface area (Å²) in [5.74, 6) is 0.532. The summed E-state index contributed by atoms with van der Waals surface area (Å²) in [5, 5.41) is 3.99. The molecule has 0 amide bonds. The molecule has 0 aliphatic rings. The first kappa shape index (κ1) is 21.1. The van der Waals surface area contributed by atoms with E-state index in [1.807, 2.05) is 0 Å². The second kappa shape index (κ2) is 10.2. The van der Waals surface area contributed by atoms with Gasteiger partial charge in [-0.25, -0.2) is 0 Å². The molecule has 0 unspecified atom stereocenters. The first-order valence-electron chi connectivity index (χ1n) is 9.74. The van der Waals surface area contributed by atoms with Crippen molar-refractivity contribution in [2.75, 3.05) is 0 Å². The van der Waals surface area contributed by atoms with Crippen LogP contribution in [0.25, 0.3) is 0 Å². The van der Waals surface area contributed by atoms with Gasteiger partial charge in [0.15, 0.2) is 0 Å². The Hall–Kier alpha value is -2.63. The Labute approximate surface area is 176 Å². The summed E-state index contributed by atoms with van der Waals surface area (Å²) in [4.78, 5) is 16.5. The predicted octanol–water partition coefficient (Wildman–Crippen LogP) is 4.22. The first-order valence-corrected chi connectivity index (χ1v) is 10.1. The molecule has 29 heavy (non-hydrogen) atoms. The lowest BCUT2D eigenvalue weighted by Gasteiger charge is -2.10. The summed E-state index contributed by atoms with van der Waals surface area (Å²) in [7, 11) is 0. The van der Waals surface area contributed by atoms with E-state index in [4.69, 9.17) is 16.3 Å². The largest absolute Gasteiger partial charge is 0.487 e. The van der Waals surface area contributed by atoms with Gasteiger partial charge < -0.3 is 14.6 Å². The molecule has 3 aromatic rings. The lowest BCUT2D eigenvalue weighted by molar-refractivity contribution is 0.300. The van der Waals surface area contributed by atoms with Crippen molar-refractivity contribution in [1.29, 1.82) is 0 Å². The smallest absolute Gasteiger partial charge is 0.254 e. The molecule has 0 saturated carbocycles. The molecule has 2 heterocycles. The molecule has 3 rings (SSSR count). The third kappa shape index (κ3) is 6.73. The van der Waals surface area contributed by atoms with E-state index < -0.39 is 0 Å². The maximum absolute atomic E-state index is 12.4. The van der Waals surface area contributed by atoms with Gasteiger partial charge in [0.05, 0.1) is 10.7 Å². The molecule has 0 radical (unpaired) electrons. The normalized spacial score (nSPS) is 11.0. The molecule has 152 valence electrons. The maximum Gasteiger partial charge on any atom is 0.254 e. The number of hydrogen-bond donors (Lipinski definition) is 1. The van der Waals surface area contributed by atoms with E-state index in [-0.39, 0.29) is 5.56 Å². The molecule has 5 nitrogen and oxygen atoms in total. The monoisotopic (exact) mass is 411 g/mol. The Morgan fingerprint density at radius 2 is 1.86 bits per heavy atom. The van der Waals surface area contributed by atoms with Crippen molar-refractivity contribution in [2.24, 2.45) is 0 Å². The third-order valence-corrected chi connectivity index (χ3v) is 4.75. The predicted molar refractivity (Wildman–Crippen MR) is 116 cm³/mol. The van der Waals surface area contributed by atoms with Crippen molar-refractivity contribution in [2.45, 2.75) is 46.0 Å². The highest BCUT2D eigenvalue weighted by Crippen LogP contribution is 2.11. The van der Waals surface area contributed by atoms with Crippen molar-refractivity contribution in [3.63, 3.8) is 0 Å². The fourth-order valence-electron chi connectivity index (χ4n) is 2.81. The zero-order valence-electron chi connectivity index (χ0n) is 16.8. The minimum atomic E-state index is -0.0793. The van der Waals surface area contributed by atoms with Crippen molar-refractivity contribution >= 4 is 11.6 Å². The molecule has 0 bridgehead atoms. The van der Waals surface area contributed by atoms with Crippen LogP contribution >= 0.6 is 11.6 Å². The van der Waals surface area contributed by atoms with Gasteiger partial charge >= 0.3 is 0 Å². The minimum absolute atomic E-state index is 0.0793.